The fourth-order valence-electron chi connectivity index (χ4n) is 3.75. The largest absolute Gasteiger partial charge is 0.381 e. The summed E-state index contributed by atoms with van der Waals surface area (Å²) in [6, 6.07) is 2.03. The lowest BCUT2D eigenvalue weighted by molar-refractivity contribution is -0.0750. The van der Waals surface area contributed by atoms with Gasteiger partial charge in [-0.3, -0.25) is 9.69 Å². The third-order valence-electron chi connectivity index (χ3n) is 5.22. The molecule has 0 aromatic carbocycles. The normalized spacial score (nSPS) is 24.5. The molecule has 2 aliphatic heterocycles. The molecule has 122 valence electrons. The van der Waals surface area contributed by atoms with E-state index in [1.54, 1.807) is 11.3 Å². The molecular formula is C17H26N2O2S. The van der Waals surface area contributed by atoms with Crippen LogP contribution < -0.4 is 0 Å². The van der Waals surface area contributed by atoms with E-state index in [0.717, 1.165) is 49.7 Å². The van der Waals surface area contributed by atoms with Gasteiger partial charge in [0, 0.05) is 26.3 Å². The molecule has 4 nitrogen and oxygen atoms in total. The van der Waals surface area contributed by atoms with Crippen LogP contribution in [0, 0.1) is 12.8 Å². The highest BCUT2D eigenvalue weighted by atomic mass is 32.1. The predicted molar refractivity (Wildman–Crippen MR) is 89.5 cm³/mol. The Balaban J connectivity index is 1.62. The third-order valence-corrected chi connectivity index (χ3v) is 6.23. The number of carbonyl (C=O) groups excluding carboxylic acids is 1. The van der Waals surface area contributed by atoms with Crippen molar-refractivity contribution in [2.24, 2.45) is 5.92 Å². The van der Waals surface area contributed by atoms with Gasteiger partial charge in [-0.05, 0) is 63.2 Å². The lowest BCUT2D eigenvalue weighted by Gasteiger charge is -2.58. The lowest BCUT2D eigenvalue weighted by Crippen LogP contribution is -2.72. The van der Waals surface area contributed by atoms with Gasteiger partial charge in [0.15, 0.2) is 0 Å². The number of likely N-dealkylation sites (tertiary alicyclic amines) is 2. The Morgan fingerprint density at radius 2 is 2.27 bits per heavy atom. The van der Waals surface area contributed by atoms with Gasteiger partial charge in [0.1, 0.15) is 0 Å². The van der Waals surface area contributed by atoms with E-state index in [9.17, 15) is 4.79 Å². The van der Waals surface area contributed by atoms with Crippen molar-refractivity contribution in [3.63, 3.8) is 0 Å². The number of thiophene rings is 1. The highest BCUT2D eigenvalue weighted by molar-refractivity contribution is 7.12. The van der Waals surface area contributed by atoms with Crippen molar-refractivity contribution in [1.82, 2.24) is 9.80 Å². The molecule has 2 saturated heterocycles. The topological polar surface area (TPSA) is 32.8 Å². The molecule has 3 heterocycles. The molecule has 0 N–H and O–H groups in total. The van der Waals surface area contributed by atoms with Gasteiger partial charge in [-0.25, -0.2) is 0 Å². The van der Waals surface area contributed by atoms with Crippen molar-refractivity contribution in [2.75, 3.05) is 39.9 Å². The molecule has 2 aliphatic rings. The molecule has 0 radical (unpaired) electrons. The first-order valence-electron chi connectivity index (χ1n) is 8.18. The molecule has 22 heavy (non-hydrogen) atoms. The zero-order valence-electron chi connectivity index (χ0n) is 13.8. The molecule has 1 aromatic heterocycles. The molecule has 1 aromatic rings. The van der Waals surface area contributed by atoms with Gasteiger partial charge in [0.25, 0.3) is 5.91 Å². The molecule has 1 amide bonds. The fraction of sp³-hybridized carbons (Fsp3) is 0.706. The number of nitrogens with zero attached hydrogens (tertiary/aromatic N) is 2. The average Bonchev–Trinajstić information content (AvgIpc) is 2.89. The summed E-state index contributed by atoms with van der Waals surface area (Å²) in [6.07, 6.45) is 2.35. The van der Waals surface area contributed by atoms with E-state index in [0.29, 0.717) is 5.92 Å². The first-order valence-corrected chi connectivity index (χ1v) is 9.06. The number of likely N-dealkylation sites (N-methyl/N-ethyl adjacent to an activating group) is 1. The quantitative estimate of drug-likeness (QED) is 0.854. The molecule has 2 fully saturated rings. The van der Waals surface area contributed by atoms with Gasteiger partial charge < -0.3 is 9.64 Å². The number of rotatable bonds is 4. The SMILES string of the molecule is CCOCC1CCN(C)C2(C1)CN(C(=O)c1sccc1C)C2. The number of carbonyl (C=O) groups is 1. The highest BCUT2D eigenvalue weighted by Gasteiger charge is 2.51. The number of aryl methyl sites for hydroxylation is 1. The van der Waals surface area contributed by atoms with Crippen molar-refractivity contribution in [3.05, 3.63) is 21.9 Å². The second kappa shape index (κ2) is 6.30. The van der Waals surface area contributed by atoms with Crippen molar-refractivity contribution in [2.45, 2.75) is 32.2 Å². The van der Waals surface area contributed by atoms with Gasteiger partial charge in [-0.15, -0.1) is 11.3 Å². The van der Waals surface area contributed by atoms with Crippen molar-refractivity contribution in [1.29, 1.82) is 0 Å². The van der Waals surface area contributed by atoms with Crippen LogP contribution in [0.2, 0.25) is 0 Å². The Labute approximate surface area is 137 Å². The minimum absolute atomic E-state index is 0.181. The van der Waals surface area contributed by atoms with Gasteiger partial charge >= 0.3 is 0 Å². The van der Waals surface area contributed by atoms with Crippen LogP contribution >= 0.6 is 11.3 Å². The monoisotopic (exact) mass is 322 g/mol. The van der Waals surface area contributed by atoms with Crippen LogP contribution in [0.15, 0.2) is 11.4 Å². The molecule has 0 aliphatic carbocycles. The predicted octanol–water partition coefficient (Wildman–Crippen LogP) is 2.63. The van der Waals surface area contributed by atoms with E-state index >= 15 is 0 Å². The minimum atomic E-state index is 0.181. The molecule has 5 heteroatoms. The summed E-state index contributed by atoms with van der Waals surface area (Å²) < 4.78 is 5.62. The van der Waals surface area contributed by atoms with Crippen LogP contribution in [0.3, 0.4) is 0 Å². The Kier molecular flexibility index (Phi) is 4.57. The number of piperidine rings is 1. The summed E-state index contributed by atoms with van der Waals surface area (Å²) >= 11 is 1.56. The Hall–Kier alpha value is -0.910. The zero-order chi connectivity index (χ0) is 15.7. The maximum absolute atomic E-state index is 12.6. The maximum Gasteiger partial charge on any atom is 0.264 e. The number of hydrogen-bond donors (Lipinski definition) is 0. The molecule has 0 saturated carbocycles. The Morgan fingerprint density at radius 3 is 2.91 bits per heavy atom. The minimum Gasteiger partial charge on any atom is -0.381 e. The average molecular weight is 322 g/mol. The molecule has 3 rings (SSSR count). The van der Waals surface area contributed by atoms with Crippen LogP contribution in [0.5, 0.6) is 0 Å². The fourth-order valence-corrected chi connectivity index (χ4v) is 4.64. The van der Waals surface area contributed by atoms with Crippen LogP contribution in [0.1, 0.15) is 35.0 Å². The van der Waals surface area contributed by atoms with E-state index in [1.165, 1.54) is 6.42 Å². The second-order valence-electron chi connectivity index (χ2n) is 6.76. The second-order valence-corrected chi connectivity index (χ2v) is 7.67. The van der Waals surface area contributed by atoms with Gasteiger partial charge in [-0.2, -0.15) is 0 Å². The van der Waals surface area contributed by atoms with E-state index in [4.69, 9.17) is 4.74 Å². The van der Waals surface area contributed by atoms with E-state index in [1.807, 2.05) is 23.3 Å². The number of hydrogen-bond acceptors (Lipinski definition) is 4. The molecule has 1 atom stereocenters. The number of ether oxygens (including phenoxy) is 1. The summed E-state index contributed by atoms with van der Waals surface area (Å²) in [6.45, 7) is 8.57. The van der Waals surface area contributed by atoms with Crippen LogP contribution in [-0.2, 0) is 4.74 Å². The summed E-state index contributed by atoms with van der Waals surface area (Å²) in [5.41, 5.74) is 1.28. The maximum atomic E-state index is 12.6. The standard InChI is InChI=1S/C17H26N2O2S/c1-4-21-10-14-5-7-18(3)17(9-14)11-19(12-17)16(20)15-13(2)6-8-22-15/h6,8,14H,4-5,7,9-12H2,1-3H3. The highest BCUT2D eigenvalue weighted by Crippen LogP contribution is 2.39. The first kappa shape index (κ1) is 16.0. The van der Waals surface area contributed by atoms with Crippen molar-refractivity contribution < 1.29 is 9.53 Å². The molecule has 1 spiro atoms. The summed E-state index contributed by atoms with van der Waals surface area (Å²) in [7, 11) is 2.20. The van der Waals surface area contributed by atoms with Crippen molar-refractivity contribution in [3.8, 4) is 0 Å². The van der Waals surface area contributed by atoms with E-state index < -0.39 is 0 Å². The smallest absolute Gasteiger partial charge is 0.264 e. The van der Waals surface area contributed by atoms with E-state index in [2.05, 4.69) is 18.9 Å². The van der Waals surface area contributed by atoms with Gasteiger partial charge in [0.2, 0.25) is 0 Å². The van der Waals surface area contributed by atoms with Crippen LogP contribution in [0.25, 0.3) is 0 Å². The van der Waals surface area contributed by atoms with Crippen LogP contribution in [-0.4, -0.2) is 61.1 Å². The first-order chi connectivity index (χ1) is 10.6. The van der Waals surface area contributed by atoms with Crippen molar-refractivity contribution >= 4 is 17.2 Å². The third kappa shape index (κ3) is 2.82. The Bertz CT molecular complexity index is 535. The lowest BCUT2D eigenvalue weighted by atomic mass is 9.75. The molecule has 1 unspecified atom stereocenters. The molecule has 0 bridgehead atoms. The van der Waals surface area contributed by atoms with Gasteiger partial charge in [0.05, 0.1) is 10.4 Å². The summed E-state index contributed by atoms with van der Waals surface area (Å²) in [4.78, 5) is 18.0. The summed E-state index contributed by atoms with van der Waals surface area (Å²) in [5, 5.41) is 2.00. The summed E-state index contributed by atoms with van der Waals surface area (Å²) in [5.74, 6) is 0.843. The van der Waals surface area contributed by atoms with E-state index in [-0.39, 0.29) is 11.4 Å². The van der Waals surface area contributed by atoms with Crippen LogP contribution in [0.4, 0.5) is 0 Å². The zero-order valence-corrected chi connectivity index (χ0v) is 14.6. The Morgan fingerprint density at radius 1 is 1.50 bits per heavy atom. The van der Waals surface area contributed by atoms with Gasteiger partial charge in [-0.1, -0.05) is 0 Å². The molecular weight excluding hydrogens is 296 g/mol. The number of amides is 1.